The van der Waals surface area contributed by atoms with Crippen LogP contribution in [0.3, 0.4) is 0 Å². The number of nitrogens with zero attached hydrogens (tertiary/aromatic N) is 2. The SMILES string of the molecule is O=C(O)COc1ccc(Br)cc1/C=c1\sc2nc3ccccc3n2c1=O. The van der Waals surface area contributed by atoms with Gasteiger partial charge in [0.05, 0.1) is 15.6 Å². The Morgan fingerprint density at radius 1 is 1.31 bits per heavy atom. The summed E-state index contributed by atoms with van der Waals surface area (Å²) in [5.41, 5.74) is 1.99. The zero-order chi connectivity index (χ0) is 18.3. The maximum atomic E-state index is 12.8. The molecular formula is C18H11BrN2O4S. The minimum atomic E-state index is -1.07. The van der Waals surface area contributed by atoms with E-state index in [9.17, 15) is 9.59 Å². The van der Waals surface area contributed by atoms with Crippen molar-refractivity contribution in [2.75, 3.05) is 6.61 Å². The Morgan fingerprint density at radius 3 is 2.92 bits per heavy atom. The number of benzene rings is 2. The van der Waals surface area contributed by atoms with Gasteiger partial charge in [-0.25, -0.2) is 14.2 Å². The van der Waals surface area contributed by atoms with Crippen LogP contribution in [0.1, 0.15) is 5.56 Å². The zero-order valence-corrected chi connectivity index (χ0v) is 15.6. The molecule has 2 heterocycles. The molecule has 4 aromatic rings. The van der Waals surface area contributed by atoms with Crippen molar-refractivity contribution >= 4 is 55.3 Å². The van der Waals surface area contributed by atoms with Crippen LogP contribution in [-0.2, 0) is 4.79 Å². The molecule has 0 aliphatic carbocycles. The van der Waals surface area contributed by atoms with Gasteiger partial charge in [-0.15, -0.1) is 0 Å². The van der Waals surface area contributed by atoms with E-state index in [0.29, 0.717) is 20.8 Å². The lowest BCUT2D eigenvalue weighted by atomic mass is 10.2. The summed E-state index contributed by atoms with van der Waals surface area (Å²) in [4.78, 5) is 28.7. The molecule has 0 spiro atoms. The van der Waals surface area contributed by atoms with Gasteiger partial charge in [0, 0.05) is 10.0 Å². The monoisotopic (exact) mass is 430 g/mol. The molecule has 26 heavy (non-hydrogen) atoms. The Kier molecular flexibility index (Phi) is 4.21. The predicted molar refractivity (Wildman–Crippen MR) is 103 cm³/mol. The van der Waals surface area contributed by atoms with E-state index in [4.69, 9.17) is 9.84 Å². The van der Waals surface area contributed by atoms with Gasteiger partial charge < -0.3 is 9.84 Å². The van der Waals surface area contributed by atoms with Crippen LogP contribution in [0, 0.1) is 0 Å². The standard InChI is InChI=1S/C18H11BrN2O4S/c19-11-5-6-14(25-9-16(22)23)10(7-11)8-15-17(24)21-13-4-2-1-3-12(13)20-18(21)26-15/h1-8H,9H2,(H,22,23)/b15-8-. The van der Waals surface area contributed by atoms with Crippen LogP contribution in [0.2, 0.25) is 0 Å². The van der Waals surface area contributed by atoms with Gasteiger partial charge in [0.25, 0.3) is 5.56 Å². The first kappa shape index (κ1) is 16.7. The van der Waals surface area contributed by atoms with E-state index in [2.05, 4.69) is 20.9 Å². The van der Waals surface area contributed by atoms with Gasteiger partial charge in [0.15, 0.2) is 11.6 Å². The molecule has 6 nitrogen and oxygen atoms in total. The quantitative estimate of drug-likeness (QED) is 0.538. The number of halogens is 1. The molecule has 0 aliphatic rings. The lowest BCUT2D eigenvalue weighted by molar-refractivity contribution is -0.139. The molecule has 0 saturated carbocycles. The summed E-state index contributed by atoms with van der Waals surface area (Å²) in [5, 5.41) is 8.82. The fourth-order valence-electron chi connectivity index (χ4n) is 2.66. The number of carboxylic acid groups (broad SMARTS) is 1. The van der Waals surface area contributed by atoms with Crippen LogP contribution in [0.4, 0.5) is 0 Å². The second-order valence-corrected chi connectivity index (χ2v) is 7.42. The lowest BCUT2D eigenvalue weighted by Crippen LogP contribution is -2.22. The molecule has 130 valence electrons. The van der Waals surface area contributed by atoms with Gasteiger partial charge in [-0.3, -0.25) is 4.79 Å². The van der Waals surface area contributed by atoms with Crippen molar-refractivity contribution in [2.45, 2.75) is 0 Å². The average molecular weight is 431 g/mol. The van der Waals surface area contributed by atoms with Crippen LogP contribution in [-0.4, -0.2) is 27.1 Å². The Labute approximate surface area is 159 Å². The summed E-state index contributed by atoms with van der Waals surface area (Å²) in [6.07, 6.45) is 1.69. The first-order chi connectivity index (χ1) is 12.5. The molecule has 8 heteroatoms. The van der Waals surface area contributed by atoms with E-state index >= 15 is 0 Å². The van der Waals surface area contributed by atoms with Crippen molar-refractivity contribution in [1.82, 2.24) is 9.38 Å². The number of hydrogen-bond donors (Lipinski definition) is 1. The minimum absolute atomic E-state index is 0.164. The highest BCUT2D eigenvalue weighted by Crippen LogP contribution is 2.24. The third-order valence-corrected chi connectivity index (χ3v) is 5.22. The number of ether oxygens (including phenoxy) is 1. The topological polar surface area (TPSA) is 80.9 Å². The van der Waals surface area contributed by atoms with E-state index in [1.54, 1.807) is 28.7 Å². The molecule has 1 N–H and O–H groups in total. The highest BCUT2D eigenvalue weighted by molar-refractivity contribution is 9.10. The fraction of sp³-hybridized carbons (Fsp3) is 0.0556. The van der Waals surface area contributed by atoms with Gasteiger partial charge in [-0.2, -0.15) is 0 Å². The first-order valence-electron chi connectivity index (χ1n) is 7.59. The van der Waals surface area contributed by atoms with Crippen molar-refractivity contribution in [3.05, 3.63) is 67.4 Å². The normalized spacial score (nSPS) is 12.1. The first-order valence-corrected chi connectivity index (χ1v) is 9.20. The van der Waals surface area contributed by atoms with Crippen molar-refractivity contribution in [3.63, 3.8) is 0 Å². The van der Waals surface area contributed by atoms with Crippen molar-refractivity contribution in [2.24, 2.45) is 0 Å². The zero-order valence-electron chi connectivity index (χ0n) is 13.2. The van der Waals surface area contributed by atoms with Gasteiger partial charge in [0.1, 0.15) is 5.75 Å². The number of rotatable bonds is 4. The van der Waals surface area contributed by atoms with Crippen molar-refractivity contribution < 1.29 is 14.6 Å². The number of aliphatic carboxylic acids is 1. The van der Waals surface area contributed by atoms with E-state index in [1.807, 2.05) is 24.3 Å². The molecule has 0 saturated heterocycles. The second-order valence-electron chi connectivity index (χ2n) is 5.50. The summed E-state index contributed by atoms with van der Waals surface area (Å²) in [7, 11) is 0. The number of thiazole rings is 1. The van der Waals surface area contributed by atoms with E-state index in [-0.39, 0.29) is 5.56 Å². The third-order valence-electron chi connectivity index (χ3n) is 3.75. The highest BCUT2D eigenvalue weighted by Gasteiger charge is 2.12. The van der Waals surface area contributed by atoms with Crippen molar-refractivity contribution in [3.8, 4) is 5.75 Å². The fourth-order valence-corrected chi connectivity index (χ4v) is 4.01. The maximum absolute atomic E-state index is 12.8. The number of carbonyl (C=O) groups is 1. The van der Waals surface area contributed by atoms with Gasteiger partial charge in [-0.1, -0.05) is 39.4 Å². The highest BCUT2D eigenvalue weighted by atomic mass is 79.9. The Balaban J connectivity index is 1.89. The van der Waals surface area contributed by atoms with Crippen LogP contribution >= 0.6 is 27.3 Å². The van der Waals surface area contributed by atoms with Gasteiger partial charge in [0.2, 0.25) is 0 Å². The molecule has 0 amide bonds. The number of fused-ring (bicyclic) bond motifs is 3. The number of aromatic nitrogens is 2. The molecule has 0 radical (unpaired) electrons. The number of para-hydroxylation sites is 2. The molecule has 0 aliphatic heterocycles. The van der Waals surface area contributed by atoms with Gasteiger partial charge >= 0.3 is 5.97 Å². The van der Waals surface area contributed by atoms with E-state index in [0.717, 1.165) is 15.5 Å². The van der Waals surface area contributed by atoms with Crippen LogP contribution < -0.4 is 14.8 Å². The summed E-state index contributed by atoms with van der Waals surface area (Å²) in [6, 6.07) is 12.7. The van der Waals surface area contributed by atoms with Crippen LogP contribution in [0.25, 0.3) is 22.1 Å². The number of carboxylic acids is 1. The molecule has 4 rings (SSSR count). The van der Waals surface area contributed by atoms with Crippen molar-refractivity contribution in [1.29, 1.82) is 0 Å². The molecule has 0 atom stereocenters. The minimum Gasteiger partial charge on any atom is -0.481 e. The Bertz CT molecular complexity index is 1260. The Hall–Kier alpha value is -2.71. The van der Waals surface area contributed by atoms with E-state index < -0.39 is 12.6 Å². The summed E-state index contributed by atoms with van der Waals surface area (Å²) < 4.78 is 8.20. The Morgan fingerprint density at radius 2 is 2.12 bits per heavy atom. The largest absolute Gasteiger partial charge is 0.481 e. The third kappa shape index (κ3) is 2.97. The number of hydrogen-bond acceptors (Lipinski definition) is 5. The summed E-state index contributed by atoms with van der Waals surface area (Å²) >= 11 is 4.66. The summed E-state index contributed by atoms with van der Waals surface area (Å²) in [5.74, 6) is -0.671. The lowest BCUT2D eigenvalue weighted by Gasteiger charge is -2.07. The molecule has 2 aromatic carbocycles. The molecule has 0 fully saturated rings. The smallest absolute Gasteiger partial charge is 0.341 e. The second kappa shape index (κ2) is 6.54. The average Bonchev–Trinajstić information content (AvgIpc) is 3.11. The van der Waals surface area contributed by atoms with Crippen LogP contribution in [0.5, 0.6) is 5.75 Å². The predicted octanol–water partition coefficient (Wildman–Crippen LogP) is 2.68. The van der Waals surface area contributed by atoms with Gasteiger partial charge in [-0.05, 0) is 36.4 Å². The summed E-state index contributed by atoms with van der Waals surface area (Å²) in [6.45, 7) is -0.453. The molecule has 0 unspecified atom stereocenters. The molecule has 2 aromatic heterocycles. The number of imidazole rings is 1. The maximum Gasteiger partial charge on any atom is 0.341 e. The van der Waals surface area contributed by atoms with E-state index in [1.165, 1.54) is 11.3 Å². The molecule has 0 bridgehead atoms. The molecular weight excluding hydrogens is 420 g/mol. The van der Waals surface area contributed by atoms with Crippen LogP contribution in [0.15, 0.2) is 51.7 Å².